The third-order valence-corrected chi connectivity index (χ3v) is 3.59. The summed E-state index contributed by atoms with van der Waals surface area (Å²) in [6, 6.07) is 7.20. The minimum atomic E-state index is -0.0837. The Morgan fingerprint density at radius 2 is 2.05 bits per heavy atom. The summed E-state index contributed by atoms with van der Waals surface area (Å²) < 4.78 is 5.69. The maximum Gasteiger partial charge on any atom is 0.253 e. The minimum absolute atomic E-state index is 0.0230. The normalized spacial score (nSPS) is 14.8. The second-order valence-electron chi connectivity index (χ2n) is 5.08. The van der Waals surface area contributed by atoms with Crippen LogP contribution in [0.2, 0.25) is 0 Å². The lowest BCUT2D eigenvalue weighted by molar-refractivity contribution is 0.0767. The van der Waals surface area contributed by atoms with E-state index in [0.29, 0.717) is 18.0 Å². The van der Waals surface area contributed by atoms with Crippen LogP contribution in [0.15, 0.2) is 24.3 Å². The molecule has 0 radical (unpaired) electrons. The van der Waals surface area contributed by atoms with Crippen molar-refractivity contribution in [2.75, 3.05) is 26.8 Å². The van der Waals surface area contributed by atoms with Crippen molar-refractivity contribution < 1.29 is 14.6 Å². The van der Waals surface area contributed by atoms with E-state index in [4.69, 9.17) is 9.84 Å². The molecule has 0 heterocycles. The molecule has 0 saturated heterocycles. The van der Waals surface area contributed by atoms with Gasteiger partial charge < -0.3 is 14.7 Å². The summed E-state index contributed by atoms with van der Waals surface area (Å²) in [4.78, 5) is 13.4. The molecule has 1 fully saturated rings. The smallest absolute Gasteiger partial charge is 0.253 e. The molecule has 1 aromatic rings. The lowest BCUT2D eigenvalue weighted by atomic mass is 9.86. The first kappa shape index (κ1) is 13.9. The topological polar surface area (TPSA) is 49.8 Å². The Balaban J connectivity index is 1.87. The summed E-state index contributed by atoms with van der Waals surface area (Å²) in [6.45, 7) is 1.10. The quantitative estimate of drug-likeness (QED) is 0.853. The predicted molar refractivity (Wildman–Crippen MR) is 73.3 cm³/mol. The van der Waals surface area contributed by atoms with Gasteiger partial charge >= 0.3 is 0 Å². The molecule has 1 N–H and O–H groups in total. The Hall–Kier alpha value is -1.55. The molecule has 4 nitrogen and oxygen atoms in total. The highest BCUT2D eigenvalue weighted by Gasteiger charge is 2.18. The fourth-order valence-electron chi connectivity index (χ4n) is 2.04. The summed E-state index contributed by atoms with van der Waals surface area (Å²) >= 11 is 0. The van der Waals surface area contributed by atoms with Gasteiger partial charge in [-0.15, -0.1) is 0 Å². The van der Waals surface area contributed by atoms with Gasteiger partial charge in [0.1, 0.15) is 5.75 Å². The van der Waals surface area contributed by atoms with Crippen LogP contribution >= 0.6 is 0 Å². The number of aliphatic hydroxyl groups is 1. The molecular formula is C15H21NO3. The second kappa shape index (κ2) is 6.57. The van der Waals surface area contributed by atoms with Crippen molar-refractivity contribution >= 4 is 5.91 Å². The van der Waals surface area contributed by atoms with E-state index < -0.39 is 0 Å². The van der Waals surface area contributed by atoms with Gasteiger partial charge in [-0.05, 0) is 43.0 Å². The van der Waals surface area contributed by atoms with E-state index in [1.54, 1.807) is 19.2 Å². The molecule has 104 valence electrons. The van der Waals surface area contributed by atoms with Crippen LogP contribution in [0.5, 0.6) is 5.75 Å². The average molecular weight is 263 g/mol. The number of carbonyl (C=O) groups is 1. The Bertz CT molecular complexity index is 412. The van der Waals surface area contributed by atoms with Crippen molar-refractivity contribution in [2.45, 2.75) is 19.3 Å². The summed E-state index contributed by atoms with van der Waals surface area (Å²) in [5, 5.41) is 8.81. The SMILES string of the molecule is CN(CCO)C(=O)c1ccc(OCC2CCC2)cc1. The molecule has 19 heavy (non-hydrogen) atoms. The first-order valence-electron chi connectivity index (χ1n) is 6.80. The van der Waals surface area contributed by atoms with Crippen LogP contribution in [0.3, 0.4) is 0 Å². The first-order chi connectivity index (χ1) is 9.20. The van der Waals surface area contributed by atoms with Gasteiger partial charge in [0.15, 0.2) is 0 Å². The van der Waals surface area contributed by atoms with E-state index in [-0.39, 0.29) is 12.5 Å². The van der Waals surface area contributed by atoms with Crippen LogP contribution < -0.4 is 4.74 Å². The van der Waals surface area contributed by atoms with Crippen molar-refractivity contribution in [3.05, 3.63) is 29.8 Å². The Labute approximate surface area is 114 Å². The average Bonchev–Trinajstić information content (AvgIpc) is 2.37. The number of nitrogens with zero attached hydrogens (tertiary/aromatic N) is 1. The fraction of sp³-hybridized carbons (Fsp3) is 0.533. The molecule has 1 saturated carbocycles. The number of carbonyl (C=O) groups excluding carboxylic acids is 1. The minimum Gasteiger partial charge on any atom is -0.493 e. The van der Waals surface area contributed by atoms with Crippen molar-refractivity contribution in [3.63, 3.8) is 0 Å². The third-order valence-electron chi connectivity index (χ3n) is 3.59. The van der Waals surface area contributed by atoms with Gasteiger partial charge in [0, 0.05) is 19.2 Å². The number of benzene rings is 1. The van der Waals surface area contributed by atoms with Crippen molar-refractivity contribution in [3.8, 4) is 5.75 Å². The number of likely N-dealkylation sites (N-methyl/N-ethyl adjacent to an activating group) is 1. The molecule has 0 atom stereocenters. The van der Waals surface area contributed by atoms with Crippen LogP contribution in [0.4, 0.5) is 0 Å². The highest BCUT2D eigenvalue weighted by molar-refractivity contribution is 5.94. The van der Waals surface area contributed by atoms with E-state index in [0.717, 1.165) is 12.4 Å². The number of ether oxygens (including phenoxy) is 1. The molecule has 1 aliphatic rings. The summed E-state index contributed by atoms with van der Waals surface area (Å²) in [5.74, 6) is 1.44. The molecule has 0 bridgehead atoms. The van der Waals surface area contributed by atoms with E-state index >= 15 is 0 Å². The zero-order valence-electron chi connectivity index (χ0n) is 11.3. The second-order valence-corrected chi connectivity index (χ2v) is 5.08. The van der Waals surface area contributed by atoms with Gasteiger partial charge in [-0.1, -0.05) is 6.42 Å². The standard InChI is InChI=1S/C15H21NO3/c1-16(9-10-17)15(18)13-5-7-14(8-6-13)19-11-12-3-2-4-12/h5-8,12,17H,2-4,9-11H2,1H3. The van der Waals surface area contributed by atoms with Crippen LogP contribution in [0, 0.1) is 5.92 Å². The molecule has 0 aromatic heterocycles. The molecule has 1 amide bonds. The number of amides is 1. The highest BCUT2D eigenvalue weighted by Crippen LogP contribution is 2.27. The third kappa shape index (κ3) is 3.70. The Morgan fingerprint density at radius 3 is 2.58 bits per heavy atom. The van der Waals surface area contributed by atoms with Gasteiger partial charge in [0.05, 0.1) is 13.2 Å². The van der Waals surface area contributed by atoms with Crippen LogP contribution in [-0.2, 0) is 0 Å². The van der Waals surface area contributed by atoms with Crippen LogP contribution in [0.1, 0.15) is 29.6 Å². The maximum atomic E-state index is 11.9. The van der Waals surface area contributed by atoms with E-state index in [1.165, 1.54) is 24.2 Å². The van der Waals surface area contributed by atoms with Gasteiger partial charge in [0.25, 0.3) is 5.91 Å². The summed E-state index contributed by atoms with van der Waals surface area (Å²) in [6.07, 6.45) is 3.85. The number of aliphatic hydroxyl groups excluding tert-OH is 1. The molecule has 1 aliphatic carbocycles. The van der Waals surface area contributed by atoms with E-state index in [1.807, 2.05) is 12.1 Å². The van der Waals surface area contributed by atoms with Gasteiger partial charge in [-0.2, -0.15) is 0 Å². The number of hydrogen-bond donors (Lipinski definition) is 1. The molecular weight excluding hydrogens is 242 g/mol. The van der Waals surface area contributed by atoms with Crippen LogP contribution in [0.25, 0.3) is 0 Å². The zero-order valence-corrected chi connectivity index (χ0v) is 11.3. The fourth-order valence-corrected chi connectivity index (χ4v) is 2.04. The molecule has 4 heteroatoms. The number of rotatable bonds is 6. The first-order valence-corrected chi connectivity index (χ1v) is 6.80. The Morgan fingerprint density at radius 1 is 1.37 bits per heavy atom. The number of hydrogen-bond acceptors (Lipinski definition) is 3. The van der Waals surface area contributed by atoms with E-state index in [2.05, 4.69) is 0 Å². The van der Waals surface area contributed by atoms with E-state index in [9.17, 15) is 4.79 Å². The predicted octanol–water partition coefficient (Wildman–Crippen LogP) is 1.93. The maximum absolute atomic E-state index is 11.9. The molecule has 0 spiro atoms. The van der Waals surface area contributed by atoms with Gasteiger partial charge in [-0.25, -0.2) is 0 Å². The molecule has 2 rings (SSSR count). The molecule has 0 unspecified atom stereocenters. The lowest BCUT2D eigenvalue weighted by Gasteiger charge is -2.25. The van der Waals surface area contributed by atoms with Gasteiger partial charge in [0.2, 0.25) is 0 Å². The lowest BCUT2D eigenvalue weighted by Crippen LogP contribution is -2.29. The largest absolute Gasteiger partial charge is 0.493 e. The highest BCUT2D eigenvalue weighted by atomic mass is 16.5. The summed E-state index contributed by atoms with van der Waals surface area (Å²) in [5.41, 5.74) is 0.618. The van der Waals surface area contributed by atoms with Crippen molar-refractivity contribution in [1.82, 2.24) is 4.90 Å². The van der Waals surface area contributed by atoms with Gasteiger partial charge in [-0.3, -0.25) is 4.79 Å². The monoisotopic (exact) mass is 263 g/mol. The Kier molecular flexibility index (Phi) is 4.80. The van der Waals surface area contributed by atoms with Crippen LogP contribution in [-0.4, -0.2) is 42.7 Å². The molecule has 0 aliphatic heterocycles. The summed E-state index contributed by atoms with van der Waals surface area (Å²) in [7, 11) is 1.68. The van der Waals surface area contributed by atoms with Crippen molar-refractivity contribution in [1.29, 1.82) is 0 Å². The zero-order chi connectivity index (χ0) is 13.7. The van der Waals surface area contributed by atoms with Crippen molar-refractivity contribution in [2.24, 2.45) is 5.92 Å². The molecule has 1 aromatic carbocycles.